The fourth-order valence-corrected chi connectivity index (χ4v) is 4.00. The van der Waals surface area contributed by atoms with E-state index in [4.69, 9.17) is 5.11 Å². The van der Waals surface area contributed by atoms with E-state index in [1.165, 1.54) is 17.7 Å². The third-order valence-electron chi connectivity index (χ3n) is 5.36. The minimum atomic E-state index is -1.09. The van der Waals surface area contributed by atoms with Gasteiger partial charge in [0.1, 0.15) is 5.82 Å². The number of benzene rings is 1. The molecule has 4 unspecified atom stereocenters. The summed E-state index contributed by atoms with van der Waals surface area (Å²) in [5.41, 5.74) is 3.30. The SMILES string of the molecule is CCC1CC(c2ccc(F)cc2)=C(/C=C/C(O)CC(O)CC(=O)O)C1CC.[NaH]. The van der Waals surface area contributed by atoms with E-state index in [9.17, 15) is 19.4 Å². The van der Waals surface area contributed by atoms with Crippen LogP contribution in [0.25, 0.3) is 5.57 Å². The first-order chi connectivity index (χ1) is 12.8. The standard InChI is InChI=1S/C22H29FO4.Na.H/c1-3-14-11-21(15-5-7-16(23)8-6-15)20(19(14)4-2)10-9-17(24)12-18(25)13-22(26)27;;/h5-10,14,17-19,24-25H,3-4,11-13H2,1-2H3,(H,26,27);;/b10-9+;;. The van der Waals surface area contributed by atoms with Crippen molar-refractivity contribution in [3.63, 3.8) is 0 Å². The molecule has 150 valence electrons. The van der Waals surface area contributed by atoms with Crippen LogP contribution in [0.1, 0.15) is 51.5 Å². The van der Waals surface area contributed by atoms with Crippen molar-refractivity contribution in [1.82, 2.24) is 0 Å². The van der Waals surface area contributed by atoms with Gasteiger partial charge in [0.25, 0.3) is 0 Å². The van der Waals surface area contributed by atoms with Gasteiger partial charge in [0.15, 0.2) is 0 Å². The molecule has 6 heteroatoms. The van der Waals surface area contributed by atoms with Crippen LogP contribution in [0, 0.1) is 17.7 Å². The van der Waals surface area contributed by atoms with E-state index >= 15 is 0 Å². The van der Waals surface area contributed by atoms with Crippen molar-refractivity contribution >= 4 is 41.1 Å². The van der Waals surface area contributed by atoms with Crippen molar-refractivity contribution < 1.29 is 24.5 Å². The molecule has 4 nitrogen and oxygen atoms in total. The second-order valence-corrected chi connectivity index (χ2v) is 7.24. The number of hydrogen-bond donors (Lipinski definition) is 3. The third kappa shape index (κ3) is 6.82. The molecular weight excluding hydrogens is 370 g/mol. The van der Waals surface area contributed by atoms with Crippen molar-refractivity contribution in [2.24, 2.45) is 11.8 Å². The van der Waals surface area contributed by atoms with Crippen molar-refractivity contribution in [2.75, 3.05) is 0 Å². The van der Waals surface area contributed by atoms with Gasteiger partial charge in [0, 0.05) is 6.42 Å². The van der Waals surface area contributed by atoms with Crippen LogP contribution in [0.15, 0.2) is 42.0 Å². The van der Waals surface area contributed by atoms with Gasteiger partial charge >= 0.3 is 35.5 Å². The molecule has 0 amide bonds. The molecule has 0 aliphatic heterocycles. The molecule has 0 heterocycles. The number of aliphatic hydroxyl groups is 2. The molecule has 0 aromatic heterocycles. The fraction of sp³-hybridized carbons (Fsp3) is 0.500. The topological polar surface area (TPSA) is 77.8 Å². The Morgan fingerprint density at radius 3 is 2.39 bits per heavy atom. The zero-order valence-electron chi connectivity index (χ0n) is 15.9. The maximum atomic E-state index is 13.3. The monoisotopic (exact) mass is 400 g/mol. The molecule has 0 bridgehead atoms. The molecule has 0 saturated carbocycles. The van der Waals surface area contributed by atoms with Gasteiger partial charge in [-0.2, -0.15) is 0 Å². The van der Waals surface area contributed by atoms with Crippen LogP contribution in [0.3, 0.4) is 0 Å². The molecule has 2 rings (SSSR count). The van der Waals surface area contributed by atoms with Gasteiger partial charge in [-0.3, -0.25) is 4.79 Å². The van der Waals surface area contributed by atoms with Crippen LogP contribution >= 0.6 is 0 Å². The molecule has 0 saturated heterocycles. The Hall–Kier alpha value is -0.980. The van der Waals surface area contributed by atoms with Gasteiger partial charge in [-0.1, -0.05) is 44.6 Å². The van der Waals surface area contributed by atoms with Crippen LogP contribution < -0.4 is 0 Å². The Bertz CT molecular complexity index is 699. The van der Waals surface area contributed by atoms with E-state index in [0.717, 1.165) is 30.4 Å². The first kappa shape index (κ1) is 25.1. The van der Waals surface area contributed by atoms with Crippen molar-refractivity contribution in [3.05, 3.63) is 53.4 Å². The fourth-order valence-electron chi connectivity index (χ4n) is 4.00. The minimum absolute atomic E-state index is 0. The second-order valence-electron chi connectivity index (χ2n) is 7.24. The van der Waals surface area contributed by atoms with Crippen molar-refractivity contribution in [3.8, 4) is 0 Å². The summed E-state index contributed by atoms with van der Waals surface area (Å²) >= 11 is 0. The zero-order valence-corrected chi connectivity index (χ0v) is 15.9. The summed E-state index contributed by atoms with van der Waals surface area (Å²) < 4.78 is 13.3. The predicted octanol–water partition coefficient (Wildman–Crippen LogP) is 3.53. The summed E-state index contributed by atoms with van der Waals surface area (Å²) in [6, 6.07) is 6.49. The molecular formula is C22H30FNaO4. The van der Waals surface area contributed by atoms with E-state index in [1.54, 1.807) is 18.2 Å². The Labute approximate surface area is 188 Å². The van der Waals surface area contributed by atoms with Crippen LogP contribution in [-0.2, 0) is 4.79 Å². The van der Waals surface area contributed by atoms with E-state index in [0.29, 0.717) is 11.8 Å². The number of allylic oxidation sites excluding steroid dienone is 3. The van der Waals surface area contributed by atoms with Crippen LogP contribution in [0.2, 0.25) is 0 Å². The molecule has 1 aromatic rings. The maximum absolute atomic E-state index is 13.3. The molecule has 1 aliphatic carbocycles. The Balaban J connectivity index is 0.00000392. The number of aliphatic hydroxyl groups excluding tert-OH is 2. The summed E-state index contributed by atoms with van der Waals surface area (Å²) in [5.74, 6) is -0.490. The molecule has 4 atom stereocenters. The van der Waals surface area contributed by atoms with E-state index in [1.807, 2.05) is 6.08 Å². The van der Waals surface area contributed by atoms with Gasteiger partial charge in [-0.15, -0.1) is 0 Å². The van der Waals surface area contributed by atoms with Gasteiger partial charge < -0.3 is 15.3 Å². The van der Waals surface area contributed by atoms with E-state index < -0.39 is 18.2 Å². The van der Waals surface area contributed by atoms with E-state index in [2.05, 4.69) is 13.8 Å². The van der Waals surface area contributed by atoms with Crippen LogP contribution in [-0.4, -0.2) is 63.1 Å². The summed E-state index contributed by atoms with van der Waals surface area (Å²) in [4.78, 5) is 10.6. The first-order valence-electron chi connectivity index (χ1n) is 9.60. The number of aliphatic carboxylic acids is 1. The van der Waals surface area contributed by atoms with Gasteiger partial charge in [0.05, 0.1) is 18.6 Å². The zero-order chi connectivity index (χ0) is 20.0. The normalized spacial score (nSPS) is 21.6. The molecule has 28 heavy (non-hydrogen) atoms. The van der Waals surface area contributed by atoms with Crippen LogP contribution in [0.5, 0.6) is 0 Å². The van der Waals surface area contributed by atoms with Gasteiger partial charge in [-0.25, -0.2) is 4.39 Å². The Morgan fingerprint density at radius 1 is 1.21 bits per heavy atom. The Morgan fingerprint density at radius 2 is 1.86 bits per heavy atom. The second kappa shape index (κ2) is 11.9. The number of halogens is 1. The summed E-state index contributed by atoms with van der Waals surface area (Å²) in [5, 5.41) is 28.6. The van der Waals surface area contributed by atoms with Crippen molar-refractivity contribution in [1.29, 1.82) is 0 Å². The number of rotatable bonds is 9. The first-order valence-corrected chi connectivity index (χ1v) is 9.60. The van der Waals surface area contributed by atoms with Gasteiger partial charge in [0.2, 0.25) is 0 Å². The molecule has 0 radical (unpaired) electrons. The van der Waals surface area contributed by atoms with Crippen molar-refractivity contribution in [2.45, 2.75) is 58.2 Å². The summed E-state index contributed by atoms with van der Waals surface area (Å²) in [6.45, 7) is 4.31. The molecule has 1 aromatic carbocycles. The number of hydrogen-bond acceptors (Lipinski definition) is 3. The summed E-state index contributed by atoms with van der Waals surface area (Å²) in [6.07, 6.45) is 4.06. The van der Waals surface area contributed by atoms with Crippen LogP contribution in [0.4, 0.5) is 4.39 Å². The molecule has 1 aliphatic rings. The number of carboxylic acids is 1. The average molecular weight is 400 g/mol. The number of carbonyl (C=O) groups is 1. The Kier molecular flexibility index (Phi) is 10.6. The molecule has 0 fully saturated rings. The molecule has 3 N–H and O–H groups in total. The van der Waals surface area contributed by atoms with E-state index in [-0.39, 0.29) is 48.2 Å². The third-order valence-corrected chi connectivity index (χ3v) is 5.36. The number of carboxylic acid groups (broad SMARTS) is 1. The quantitative estimate of drug-likeness (QED) is 0.554. The van der Waals surface area contributed by atoms with Gasteiger partial charge in [-0.05, 0) is 53.5 Å². The summed E-state index contributed by atoms with van der Waals surface area (Å²) in [7, 11) is 0. The molecule has 0 spiro atoms. The predicted molar refractivity (Wildman–Crippen MR) is 111 cm³/mol. The average Bonchev–Trinajstić information content (AvgIpc) is 2.97.